The molecule has 1 aromatic rings. The molecule has 0 amide bonds. The lowest BCUT2D eigenvalue weighted by Crippen LogP contribution is -2.38. The smallest absolute Gasteiger partial charge is 0.240 e. The maximum absolute atomic E-state index is 12.3. The van der Waals surface area contributed by atoms with Crippen LogP contribution in [0.25, 0.3) is 0 Å². The highest BCUT2D eigenvalue weighted by atomic mass is 32.2. The Morgan fingerprint density at radius 1 is 1.26 bits per heavy atom. The van der Waals surface area contributed by atoms with Gasteiger partial charge >= 0.3 is 0 Å². The zero-order valence-corrected chi connectivity index (χ0v) is 12.0. The molecule has 0 unspecified atom stereocenters. The Kier molecular flexibility index (Phi) is 4.28. The van der Waals surface area contributed by atoms with Gasteiger partial charge in [-0.1, -0.05) is 31.0 Å². The number of aryl methyl sites for hydroxylation is 1. The summed E-state index contributed by atoms with van der Waals surface area (Å²) in [5, 5.41) is 9.50. The molecule has 0 radical (unpaired) electrons. The first-order chi connectivity index (χ1) is 8.99. The third-order valence-electron chi connectivity index (χ3n) is 4.02. The standard InChI is InChI=1S/C14H21NO3S/c1-12-6-2-3-7-13(12)19(17,18)15-10-14(11-16)8-4-5-9-14/h2-3,6-7,15-16H,4-5,8-11H2,1H3. The molecule has 5 heteroatoms. The Bertz CT molecular complexity index is 533. The summed E-state index contributed by atoms with van der Waals surface area (Å²) < 4.78 is 27.2. The van der Waals surface area contributed by atoms with Gasteiger partial charge in [-0.15, -0.1) is 0 Å². The predicted octanol–water partition coefficient (Wildman–Crippen LogP) is 1.83. The van der Waals surface area contributed by atoms with Crippen molar-refractivity contribution in [1.82, 2.24) is 4.72 Å². The van der Waals surface area contributed by atoms with Gasteiger partial charge in [0.1, 0.15) is 0 Å². The number of benzene rings is 1. The lowest BCUT2D eigenvalue weighted by molar-refractivity contribution is 0.134. The summed E-state index contributed by atoms with van der Waals surface area (Å²) in [6.45, 7) is 2.15. The fourth-order valence-electron chi connectivity index (χ4n) is 2.70. The number of aliphatic hydroxyl groups is 1. The van der Waals surface area contributed by atoms with Gasteiger partial charge in [-0.2, -0.15) is 0 Å². The van der Waals surface area contributed by atoms with Crippen molar-refractivity contribution in [2.75, 3.05) is 13.2 Å². The van der Waals surface area contributed by atoms with Gasteiger partial charge in [-0.3, -0.25) is 0 Å². The van der Waals surface area contributed by atoms with Gasteiger partial charge in [0.15, 0.2) is 0 Å². The fraction of sp³-hybridized carbons (Fsp3) is 0.571. The molecule has 1 saturated carbocycles. The normalized spacial score (nSPS) is 18.6. The van der Waals surface area contributed by atoms with Crippen LogP contribution in [0.4, 0.5) is 0 Å². The van der Waals surface area contributed by atoms with Crippen LogP contribution in [0, 0.1) is 12.3 Å². The summed E-state index contributed by atoms with van der Waals surface area (Å²) in [6.07, 6.45) is 3.90. The van der Waals surface area contributed by atoms with Crippen molar-refractivity contribution in [3.05, 3.63) is 29.8 Å². The molecule has 0 atom stereocenters. The van der Waals surface area contributed by atoms with Crippen molar-refractivity contribution in [3.8, 4) is 0 Å². The molecular formula is C14H21NO3S. The zero-order valence-electron chi connectivity index (χ0n) is 11.2. The van der Waals surface area contributed by atoms with Gasteiger partial charge in [0.25, 0.3) is 0 Å². The van der Waals surface area contributed by atoms with Crippen LogP contribution in [0.5, 0.6) is 0 Å². The topological polar surface area (TPSA) is 66.4 Å². The van der Waals surface area contributed by atoms with Crippen molar-refractivity contribution < 1.29 is 13.5 Å². The average molecular weight is 283 g/mol. The Balaban J connectivity index is 2.12. The third-order valence-corrected chi connectivity index (χ3v) is 5.58. The number of rotatable bonds is 5. The maximum Gasteiger partial charge on any atom is 0.240 e. The van der Waals surface area contributed by atoms with Crippen LogP contribution < -0.4 is 4.72 Å². The van der Waals surface area contributed by atoms with Gasteiger partial charge in [0.2, 0.25) is 10.0 Å². The van der Waals surface area contributed by atoms with Crippen LogP contribution in [-0.4, -0.2) is 26.7 Å². The molecule has 0 spiro atoms. The minimum absolute atomic E-state index is 0.0449. The number of hydrogen-bond donors (Lipinski definition) is 2. The first-order valence-electron chi connectivity index (χ1n) is 6.65. The largest absolute Gasteiger partial charge is 0.396 e. The van der Waals surface area contributed by atoms with Crippen LogP contribution in [-0.2, 0) is 10.0 Å². The quantitative estimate of drug-likeness (QED) is 0.866. The second kappa shape index (κ2) is 5.61. The lowest BCUT2D eigenvalue weighted by Gasteiger charge is -2.26. The third kappa shape index (κ3) is 3.16. The molecule has 1 aliphatic rings. The molecule has 0 aliphatic heterocycles. The zero-order chi connectivity index (χ0) is 13.9. The summed E-state index contributed by atoms with van der Waals surface area (Å²) >= 11 is 0. The van der Waals surface area contributed by atoms with E-state index in [4.69, 9.17) is 0 Å². The van der Waals surface area contributed by atoms with E-state index in [1.807, 2.05) is 6.07 Å². The van der Waals surface area contributed by atoms with Crippen LogP contribution in [0.15, 0.2) is 29.2 Å². The minimum Gasteiger partial charge on any atom is -0.396 e. The summed E-state index contributed by atoms with van der Waals surface area (Å²) in [5.74, 6) is 0. The highest BCUT2D eigenvalue weighted by Crippen LogP contribution is 2.37. The number of aliphatic hydroxyl groups excluding tert-OH is 1. The van der Waals surface area contributed by atoms with Gasteiger partial charge < -0.3 is 5.11 Å². The SMILES string of the molecule is Cc1ccccc1S(=O)(=O)NCC1(CO)CCCC1. The molecular weight excluding hydrogens is 262 g/mol. The molecule has 0 saturated heterocycles. The van der Waals surface area contributed by atoms with Crippen molar-refractivity contribution in [2.45, 2.75) is 37.5 Å². The highest BCUT2D eigenvalue weighted by molar-refractivity contribution is 7.89. The first kappa shape index (κ1) is 14.5. The minimum atomic E-state index is -3.49. The van der Waals surface area contributed by atoms with E-state index in [9.17, 15) is 13.5 Å². The molecule has 0 bridgehead atoms. The van der Waals surface area contributed by atoms with Crippen molar-refractivity contribution >= 4 is 10.0 Å². The molecule has 106 valence electrons. The van der Waals surface area contributed by atoms with Crippen LogP contribution in [0.3, 0.4) is 0 Å². The Morgan fingerprint density at radius 2 is 1.89 bits per heavy atom. The van der Waals surface area contributed by atoms with E-state index in [0.29, 0.717) is 11.4 Å². The van der Waals surface area contributed by atoms with Crippen molar-refractivity contribution in [1.29, 1.82) is 0 Å². The van der Waals surface area contributed by atoms with E-state index < -0.39 is 10.0 Å². The molecule has 1 aliphatic carbocycles. The highest BCUT2D eigenvalue weighted by Gasteiger charge is 2.34. The number of nitrogens with one attached hydrogen (secondary N) is 1. The Morgan fingerprint density at radius 3 is 2.47 bits per heavy atom. The summed E-state index contributed by atoms with van der Waals surface area (Å²) in [6, 6.07) is 6.93. The predicted molar refractivity (Wildman–Crippen MR) is 74.4 cm³/mol. The van der Waals surface area contributed by atoms with E-state index in [1.54, 1.807) is 25.1 Å². The monoisotopic (exact) mass is 283 g/mol. The fourth-order valence-corrected chi connectivity index (χ4v) is 4.10. The molecule has 1 fully saturated rings. The molecule has 1 aromatic carbocycles. The number of hydrogen-bond acceptors (Lipinski definition) is 3. The molecule has 0 aromatic heterocycles. The van der Waals surface area contributed by atoms with Crippen LogP contribution >= 0.6 is 0 Å². The van der Waals surface area contributed by atoms with Crippen molar-refractivity contribution in [3.63, 3.8) is 0 Å². The van der Waals surface area contributed by atoms with Crippen molar-refractivity contribution in [2.24, 2.45) is 5.41 Å². The molecule has 2 rings (SSSR count). The van der Waals surface area contributed by atoms with Gasteiger partial charge in [-0.05, 0) is 31.4 Å². The Hall–Kier alpha value is -0.910. The summed E-state index contributed by atoms with van der Waals surface area (Å²) in [4.78, 5) is 0.320. The first-order valence-corrected chi connectivity index (χ1v) is 8.14. The van der Waals surface area contributed by atoms with E-state index in [-0.39, 0.29) is 12.0 Å². The van der Waals surface area contributed by atoms with Gasteiger partial charge in [0.05, 0.1) is 4.90 Å². The van der Waals surface area contributed by atoms with E-state index >= 15 is 0 Å². The van der Waals surface area contributed by atoms with E-state index in [0.717, 1.165) is 31.2 Å². The molecule has 4 nitrogen and oxygen atoms in total. The molecule has 0 heterocycles. The van der Waals surface area contributed by atoms with E-state index in [1.165, 1.54) is 0 Å². The summed E-state index contributed by atoms with van der Waals surface area (Å²) in [5.41, 5.74) is 0.468. The Labute approximate surface area is 114 Å². The van der Waals surface area contributed by atoms with E-state index in [2.05, 4.69) is 4.72 Å². The second-order valence-corrected chi connectivity index (χ2v) is 7.19. The van der Waals surface area contributed by atoms with Crippen LogP contribution in [0.1, 0.15) is 31.2 Å². The summed E-state index contributed by atoms with van der Waals surface area (Å²) in [7, 11) is -3.49. The van der Waals surface area contributed by atoms with Crippen LogP contribution in [0.2, 0.25) is 0 Å². The maximum atomic E-state index is 12.3. The van der Waals surface area contributed by atoms with Gasteiger partial charge in [0, 0.05) is 18.6 Å². The lowest BCUT2D eigenvalue weighted by atomic mass is 9.88. The molecule has 2 N–H and O–H groups in total. The van der Waals surface area contributed by atoms with Gasteiger partial charge in [-0.25, -0.2) is 13.1 Å². The number of sulfonamides is 1. The molecule has 19 heavy (non-hydrogen) atoms. The average Bonchev–Trinajstić information content (AvgIpc) is 2.86. The second-order valence-electron chi connectivity index (χ2n) is 5.46.